The van der Waals surface area contributed by atoms with Crippen LogP contribution in [-0.4, -0.2) is 70.2 Å². The van der Waals surface area contributed by atoms with Crippen molar-refractivity contribution in [2.24, 2.45) is 5.41 Å². The second kappa shape index (κ2) is 8.34. The van der Waals surface area contributed by atoms with Gasteiger partial charge >= 0.3 is 12.0 Å². The van der Waals surface area contributed by atoms with E-state index in [4.69, 9.17) is 14.0 Å². The van der Waals surface area contributed by atoms with Gasteiger partial charge in [-0.2, -0.15) is 5.10 Å². The van der Waals surface area contributed by atoms with Gasteiger partial charge in [0.25, 0.3) is 0 Å². The number of nitrogens with zero attached hydrogens (tertiary/aromatic N) is 4. The fourth-order valence-electron chi connectivity index (χ4n) is 5.86. The van der Waals surface area contributed by atoms with E-state index in [9.17, 15) is 19.2 Å². The van der Waals surface area contributed by atoms with Crippen LogP contribution in [0.1, 0.15) is 36.7 Å². The van der Waals surface area contributed by atoms with Crippen LogP contribution in [-0.2, 0) is 25.5 Å². The normalized spacial score (nSPS) is 24.2. The van der Waals surface area contributed by atoms with E-state index in [1.54, 1.807) is 31.7 Å². The molecule has 14 heteroatoms. The van der Waals surface area contributed by atoms with E-state index >= 15 is 4.39 Å². The highest BCUT2D eigenvalue weighted by Gasteiger charge is 2.63. The number of benzene rings is 1. The Bertz CT molecular complexity index is 1510. The van der Waals surface area contributed by atoms with E-state index < -0.39 is 47.2 Å². The maximum atomic E-state index is 16.2. The Balaban J connectivity index is 1.53. The van der Waals surface area contributed by atoms with Crippen molar-refractivity contribution in [2.75, 3.05) is 18.1 Å². The molecule has 0 bridgehead atoms. The molecule has 3 aromatic rings. The molecular formula is C24H23FN6O7. The average Bonchev–Trinajstić information content (AvgIpc) is 3.49. The van der Waals surface area contributed by atoms with Gasteiger partial charge < -0.3 is 18.9 Å². The molecule has 0 aliphatic carbocycles. The first kappa shape index (κ1) is 24.0. The van der Waals surface area contributed by atoms with Crippen LogP contribution in [0.3, 0.4) is 0 Å². The highest BCUT2D eigenvalue weighted by Crippen LogP contribution is 2.49. The van der Waals surface area contributed by atoms with Gasteiger partial charge in [-0.25, -0.2) is 18.7 Å². The van der Waals surface area contributed by atoms with Crippen LogP contribution in [0.15, 0.2) is 23.0 Å². The Labute approximate surface area is 214 Å². The topological polar surface area (TPSA) is 158 Å². The number of urea groups is 1. The third-order valence-electron chi connectivity index (χ3n) is 7.26. The fourth-order valence-corrected chi connectivity index (χ4v) is 5.86. The highest BCUT2D eigenvalue weighted by atomic mass is 19.1. The van der Waals surface area contributed by atoms with Crippen LogP contribution >= 0.6 is 0 Å². The van der Waals surface area contributed by atoms with Crippen molar-refractivity contribution in [3.8, 4) is 5.82 Å². The number of hydrogen-bond donors (Lipinski definition) is 2. The number of rotatable bonds is 3. The lowest BCUT2D eigenvalue weighted by Gasteiger charge is -2.55. The Morgan fingerprint density at radius 1 is 1.26 bits per heavy atom. The monoisotopic (exact) mass is 526 g/mol. The summed E-state index contributed by atoms with van der Waals surface area (Å²) in [7, 11) is 0. The smallest absolute Gasteiger partial charge is 0.341 e. The zero-order valence-electron chi connectivity index (χ0n) is 20.6. The molecule has 13 nitrogen and oxygen atoms in total. The molecule has 3 aliphatic rings. The largest absolute Gasteiger partial charge is 0.462 e. The summed E-state index contributed by atoms with van der Waals surface area (Å²) >= 11 is 0. The number of esters is 1. The lowest BCUT2D eigenvalue weighted by molar-refractivity contribution is -0.153. The molecule has 5 heterocycles. The van der Waals surface area contributed by atoms with Crippen molar-refractivity contribution in [3.63, 3.8) is 0 Å². The van der Waals surface area contributed by atoms with Crippen molar-refractivity contribution < 1.29 is 37.6 Å². The third-order valence-corrected chi connectivity index (χ3v) is 7.26. The molecule has 3 atom stereocenters. The van der Waals surface area contributed by atoms with E-state index in [-0.39, 0.29) is 53.7 Å². The number of morpholine rings is 1. The van der Waals surface area contributed by atoms with Crippen molar-refractivity contribution in [1.82, 2.24) is 25.6 Å². The average molecular weight is 526 g/mol. The Hall–Kier alpha value is -4.33. The quantitative estimate of drug-likeness (QED) is 0.375. The number of halogens is 1. The summed E-state index contributed by atoms with van der Waals surface area (Å²) in [5.74, 6) is -2.77. The number of anilines is 1. The first-order valence-corrected chi connectivity index (χ1v) is 12.1. The van der Waals surface area contributed by atoms with Gasteiger partial charge in [0.1, 0.15) is 0 Å². The van der Waals surface area contributed by atoms with E-state index in [1.807, 2.05) is 0 Å². The van der Waals surface area contributed by atoms with Gasteiger partial charge in [0, 0.05) is 19.2 Å². The Kier molecular flexibility index (Phi) is 5.28. The first-order chi connectivity index (χ1) is 18.1. The summed E-state index contributed by atoms with van der Waals surface area (Å²) in [6.07, 6.45) is 1.47. The van der Waals surface area contributed by atoms with Gasteiger partial charge in [-0.3, -0.25) is 20.2 Å². The van der Waals surface area contributed by atoms with Gasteiger partial charge in [0.05, 0.1) is 47.7 Å². The Morgan fingerprint density at radius 3 is 2.71 bits per heavy atom. The number of amides is 4. The number of hydrogen-bond acceptors (Lipinski definition) is 10. The number of ether oxygens (including phenoxy) is 2. The molecule has 3 unspecified atom stereocenters. The minimum absolute atomic E-state index is 0.102. The van der Waals surface area contributed by atoms with Gasteiger partial charge in [0.2, 0.25) is 23.2 Å². The minimum atomic E-state index is -1.76. The summed E-state index contributed by atoms with van der Waals surface area (Å²) in [5.41, 5.74) is -1.24. The SMILES string of the molecule is CCOC(=O)c1cnn(-c2noc3c(F)c4c(cc23)CC2(C(=O)NC(=O)NC2=O)C2C(C)OC(C)CN42)c1. The molecule has 1 spiro atoms. The fraction of sp³-hybridized carbons (Fsp3) is 0.417. The van der Waals surface area contributed by atoms with Crippen LogP contribution < -0.4 is 15.5 Å². The molecular weight excluding hydrogens is 503 g/mol. The van der Waals surface area contributed by atoms with Crippen LogP contribution in [0, 0.1) is 11.2 Å². The predicted octanol–water partition coefficient (Wildman–Crippen LogP) is 1.22. The lowest BCUT2D eigenvalue weighted by atomic mass is 9.66. The summed E-state index contributed by atoms with van der Waals surface area (Å²) in [4.78, 5) is 52.3. The van der Waals surface area contributed by atoms with Crippen molar-refractivity contribution in [2.45, 2.75) is 45.4 Å². The summed E-state index contributed by atoms with van der Waals surface area (Å²) in [6.45, 7) is 5.56. The zero-order valence-corrected chi connectivity index (χ0v) is 20.6. The number of barbiturate groups is 1. The number of aromatic nitrogens is 3. The molecule has 6 rings (SSSR count). The molecule has 2 fully saturated rings. The number of carbonyl (C=O) groups is 4. The van der Waals surface area contributed by atoms with Crippen LogP contribution in [0.2, 0.25) is 0 Å². The molecule has 3 aliphatic heterocycles. The highest BCUT2D eigenvalue weighted by molar-refractivity contribution is 6.20. The molecule has 198 valence electrons. The van der Waals surface area contributed by atoms with E-state index in [1.165, 1.54) is 17.1 Å². The molecule has 4 amide bonds. The zero-order chi connectivity index (χ0) is 26.9. The van der Waals surface area contributed by atoms with Crippen molar-refractivity contribution >= 4 is 40.5 Å². The lowest BCUT2D eigenvalue weighted by Crippen LogP contribution is -2.75. The van der Waals surface area contributed by atoms with Gasteiger partial charge in [0.15, 0.2) is 11.2 Å². The number of fused-ring (bicyclic) bond motifs is 5. The molecule has 2 aromatic heterocycles. The van der Waals surface area contributed by atoms with Gasteiger partial charge in [-0.05, 0) is 32.4 Å². The second-order valence-electron chi connectivity index (χ2n) is 9.61. The maximum absolute atomic E-state index is 16.2. The molecule has 2 N–H and O–H groups in total. The van der Waals surface area contributed by atoms with Crippen molar-refractivity contribution in [3.05, 3.63) is 35.4 Å². The standard InChI is InChI=1S/C24H23FN6O7/c1-4-36-20(32)13-7-26-31(9-13)19-14-5-12-6-24(21(33)27-23(35)28-22(24)34)18-11(3)37-10(2)8-30(18)16(12)15(25)17(14)38-29-19/h5,7,9-11,18H,4,6,8H2,1-3H3,(H2,27,28,33,34,35). The van der Waals surface area contributed by atoms with E-state index in [0.29, 0.717) is 5.56 Å². The number of imide groups is 2. The minimum Gasteiger partial charge on any atom is -0.462 e. The molecule has 0 saturated carbocycles. The summed E-state index contributed by atoms with van der Waals surface area (Å²) in [5, 5.41) is 12.7. The third kappa shape index (κ3) is 3.25. The van der Waals surface area contributed by atoms with Crippen molar-refractivity contribution in [1.29, 1.82) is 0 Å². The van der Waals surface area contributed by atoms with Gasteiger partial charge in [-0.15, -0.1) is 0 Å². The molecule has 1 aromatic carbocycles. The maximum Gasteiger partial charge on any atom is 0.341 e. The molecule has 2 saturated heterocycles. The van der Waals surface area contributed by atoms with E-state index in [2.05, 4.69) is 20.9 Å². The van der Waals surface area contributed by atoms with E-state index in [0.717, 1.165) is 0 Å². The predicted molar refractivity (Wildman–Crippen MR) is 126 cm³/mol. The summed E-state index contributed by atoms with van der Waals surface area (Å²) < 4.78 is 33.8. The Morgan fingerprint density at radius 2 is 2.00 bits per heavy atom. The summed E-state index contributed by atoms with van der Waals surface area (Å²) in [6, 6.07) is -0.225. The van der Waals surface area contributed by atoms with Gasteiger partial charge in [-0.1, -0.05) is 5.16 Å². The number of nitrogens with one attached hydrogen (secondary N) is 2. The second-order valence-corrected chi connectivity index (χ2v) is 9.61. The van der Waals surface area contributed by atoms with Crippen LogP contribution in [0.4, 0.5) is 14.9 Å². The molecule has 0 radical (unpaired) electrons. The first-order valence-electron chi connectivity index (χ1n) is 12.1. The van der Waals surface area contributed by atoms with Crippen LogP contribution in [0.5, 0.6) is 0 Å². The van der Waals surface area contributed by atoms with Crippen LogP contribution in [0.25, 0.3) is 16.8 Å². The number of carbonyl (C=O) groups excluding carboxylic acids is 4. The molecule has 38 heavy (non-hydrogen) atoms.